The number of aryl methyl sites for hydroxylation is 1. The van der Waals surface area contributed by atoms with Crippen molar-refractivity contribution in [2.75, 3.05) is 13.6 Å². The minimum absolute atomic E-state index is 0.604. The summed E-state index contributed by atoms with van der Waals surface area (Å²) >= 11 is 0. The molecule has 2 heteroatoms. The summed E-state index contributed by atoms with van der Waals surface area (Å²) in [5, 5.41) is 3.91. The van der Waals surface area contributed by atoms with Gasteiger partial charge in [0.25, 0.3) is 0 Å². The molecule has 1 aromatic rings. The lowest BCUT2D eigenvalue weighted by Gasteiger charge is -2.37. The second-order valence-corrected chi connectivity index (χ2v) is 7.44. The Balaban J connectivity index is 1.38. The highest BCUT2D eigenvalue weighted by Gasteiger charge is 2.38. The molecule has 3 aliphatic rings. The number of rotatable bonds is 3. The summed E-state index contributed by atoms with van der Waals surface area (Å²) in [6.07, 6.45) is 9.62. The average Bonchev–Trinajstić information content (AvgIpc) is 2.75. The monoisotopic (exact) mass is 284 g/mol. The standard InChI is InChI=1S/C19H28N2/c1-21-16-9-10-17(21)12-14(11-16)13-20-19-8-4-6-15-5-2-3-7-18(15)19/h2-3,5,7,14,16-17,19-20H,4,6,8-13H2,1H3. The van der Waals surface area contributed by atoms with Crippen molar-refractivity contribution in [2.45, 2.75) is 63.1 Å². The molecule has 2 fully saturated rings. The molecule has 1 N–H and O–H groups in total. The van der Waals surface area contributed by atoms with E-state index in [-0.39, 0.29) is 0 Å². The number of hydrogen-bond donors (Lipinski definition) is 1. The highest BCUT2D eigenvalue weighted by Crippen LogP contribution is 2.37. The predicted octanol–water partition coefficient (Wildman–Crippen LogP) is 3.53. The van der Waals surface area contributed by atoms with Crippen molar-refractivity contribution >= 4 is 0 Å². The lowest BCUT2D eigenvalue weighted by Crippen LogP contribution is -2.43. The van der Waals surface area contributed by atoms with Crippen LogP contribution in [0.3, 0.4) is 0 Å². The van der Waals surface area contributed by atoms with Crippen LogP contribution in [0.25, 0.3) is 0 Å². The zero-order chi connectivity index (χ0) is 14.2. The van der Waals surface area contributed by atoms with E-state index in [1.54, 1.807) is 11.1 Å². The van der Waals surface area contributed by atoms with Crippen LogP contribution in [-0.2, 0) is 6.42 Å². The summed E-state index contributed by atoms with van der Waals surface area (Å²) in [5.41, 5.74) is 3.14. The van der Waals surface area contributed by atoms with Crippen LogP contribution in [0, 0.1) is 5.92 Å². The van der Waals surface area contributed by atoms with Crippen molar-refractivity contribution in [3.63, 3.8) is 0 Å². The summed E-state index contributed by atoms with van der Waals surface area (Å²) in [4.78, 5) is 2.65. The van der Waals surface area contributed by atoms with Gasteiger partial charge in [0.1, 0.15) is 0 Å². The highest BCUT2D eigenvalue weighted by molar-refractivity contribution is 5.32. The van der Waals surface area contributed by atoms with E-state index in [1.807, 2.05) is 0 Å². The first kappa shape index (κ1) is 13.8. The van der Waals surface area contributed by atoms with Gasteiger partial charge in [-0.3, -0.25) is 0 Å². The third-order valence-electron chi connectivity index (χ3n) is 6.22. The largest absolute Gasteiger partial charge is 0.310 e. The Kier molecular flexibility index (Phi) is 3.76. The molecule has 2 nitrogen and oxygen atoms in total. The van der Waals surface area contributed by atoms with Crippen LogP contribution in [0.15, 0.2) is 24.3 Å². The van der Waals surface area contributed by atoms with Gasteiger partial charge in [-0.1, -0.05) is 24.3 Å². The normalized spacial score (nSPS) is 35.7. The quantitative estimate of drug-likeness (QED) is 0.913. The van der Waals surface area contributed by atoms with Crippen LogP contribution in [-0.4, -0.2) is 30.6 Å². The molecule has 2 aliphatic heterocycles. The summed E-state index contributed by atoms with van der Waals surface area (Å²) < 4.78 is 0. The summed E-state index contributed by atoms with van der Waals surface area (Å²) in [7, 11) is 2.34. The third kappa shape index (κ3) is 2.64. The van der Waals surface area contributed by atoms with Gasteiger partial charge in [0.2, 0.25) is 0 Å². The van der Waals surface area contributed by atoms with Gasteiger partial charge in [-0.25, -0.2) is 0 Å². The van der Waals surface area contributed by atoms with E-state index >= 15 is 0 Å². The molecule has 0 aromatic heterocycles. The second kappa shape index (κ2) is 5.73. The van der Waals surface area contributed by atoms with Gasteiger partial charge in [-0.05, 0) is 75.6 Å². The maximum Gasteiger partial charge on any atom is 0.0323 e. The Morgan fingerprint density at radius 3 is 2.67 bits per heavy atom. The van der Waals surface area contributed by atoms with Gasteiger partial charge in [-0.2, -0.15) is 0 Å². The molecule has 2 heterocycles. The maximum absolute atomic E-state index is 3.91. The minimum atomic E-state index is 0.604. The zero-order valence-corrected chi connectivity index (χ0v) is 13.2. The Morgan fingerprint density at radius 1 is 1.10 bits per heavy atom. The molecule has 2 saturated heterocycles. The fourth-order valence-electron chi connectivity index (χ4n) is 4.97. The van der Waals surface area contributed by atoms with Gasteiger partial charge < -0.3 is 10.2 Å². The topological polar surface area (TPSA) is 15.3 Å². The van der Waals surface area contributed by atoms with Gasteiger partial charge in [0, 0.05) is 18.1 Å². The van der Waals surface area contributed by atoms with E-state index < -0.39 is 0 Å². The molecule has 0 radical (unpaired) electrons. The molecule has 3 unspecified atom stereocenters. The Bertz CT molecular complexity index is 484. The van der Waals surface area contributed by atoms with Crippen molar-refractivity contribution in [1.82, 2.24) is 10.2 Å². The number of benzene rings is 1. The van der Waals surface area contributed by atoms with E-state index in [4.69, 9.17) is 0 Å². The fraction of sp³-hybridized carbons (Fsp3) is 0.684. The molecular weight excluding hydrogens is 256 g/mol. The Morgan fingerprint density at radius 2 is 1.86 bits per heavy atom. The average molecular weight is 284 g/mol. The van der Waals surface area contributed by atoms with E-state index in [0.29, 0.717) is 6.04 Å². The third-order valence-corrected chi connectivity index (χ3v) is 6.22. The van der Waals surface area contributed by atoms with Crippen LogP contribution < -0.4 is 5.32 Å². The van der Waals surface area contributed by atoms with Gasteiger partial charge in [0.05, 0.1) is 0 Å². The van der Waals surface area contributed by atoms with Crippen molar-refractivity contribution in [1.29, 1.82) is 0 Å². The maximum atomic E-state index is 3.91. The van der Waals surface area contributed by atoms with Crippen molar-refractivity contribution in [2.24, 2.45) is 5.92 Å². The molecule has 1 aromatic carbocycles. The van der Waals surface area contributed by atoms with Crippen LogP contribution in [0.1, 0.15) is 55.7 Å². The lowest BCUT2D eigenvalue weighted by atomic mass is 9.86. The Hall–Kier alpha value is -0.860. The van der Waals surface area contributed by atoms with Crippen molar-refractivity contribution < 1.29 is 0 Å². The molecule has 0 spiro atoms. The SMILES string of the molecule is CN1C2CCC1CC(CNC1CCCc3ccccc31)C2. The van der Waals surface area contributed by atoms with Crippen LogP contribution in [0.5, 0.6) is 0 Å². The fourth-order valence-corrected chi connectivity index (χ4v) is 4.97. The molecule has 0 amide bonds. The summed E-state index contributed by atoms with van der Waals surface area (Å²) in [5.74, 6) is 0.896. The Labute approximate surface area is 128 Å². The van der Waals surface area contributed by atoms with Crippen LogP contribution in [0.4, 0.5) is 0 Å². The van der Waals surface area contributed by atoms with Crippen LogP contribution >= 0.6 is 0 Å². The lowest BCUT2D eigenvalue weighted by molar-refractivity contribution is 0.130. The minimum Gasteiger partial charge on any atom is -0.310 e. The van der Waals surface area contributed by atoms with Crippen molar-refractivity contribution in [3.05, 3.63) is 35.4 Å². The van der Waals surface area contributed by atoms with Gasteiger partial charge >= 0.3 is 0 Å². The summed E-state index contributed by atoms with van der Waals surface area (Å²) in [6, 6.07) is 11.4. The number of nitrogens with zero attached hydrogens (tertiary/aromatic N) is 1. The van der Waals surface area contributed by atoms with Crippen molar-refractivity contribution in [3.8, 4) is 0 Å². The number of fused-ring (bicyclic) bond motifs is 3. The number of piperidine rings is 1. The molecule has 4 rings (SSSR count). The molecule has 1 aliphatic carbocycles. The molecule has 21 heavy (non-hydrogen) atoms. The molecule has 2 bridgehead atoms. The molecule has 114 valence electrons. The smallest absolute Gasteiger partial charge is 0.0323 e. The van der Waals surface area contributed by atoms with E-state index in [0.717, 1.165) is 18.0 Å². The predicted molar refractivity (Wildman–Crippen MR) is 87.4 cm³/mol. The van der Waals surface area contributed by atoms with E-state index in [1.165, 1.54) is 51.5 Å². The highest BCUT2D eigenvalue weighted by atomic mass is 15.2. The number of nitrogens with one attached hydrogen (secondary N) is 1. The van der Waals surface area contributed by atoms with Crippen LogP contribution in [0.2, 0.25) is 0 Å². The van der Waals surface area contributed by atoms with E-state index in [9.17, 15) is 0 Å². The summed E-state index contributed by atoms with van der Waals surface area (Å²) in [6.45, 7) is 1.22. The molecule has 0 saturated carbocycles. The first-order valence-electron chi connectivity index (χ1n) is 8.84. The van der Waals surface area contributed by atoms with Gasteiger partial charge in [-0.15, -0.1) is 0 Å². The molecular formula is C19H28N2. The second-order valence-electron chi connectivity index (χ2n) is 7.44. The first-order chi connectivity index (χ1) is 10.3. The van der Waals surface area contributed by atoms with Gasteiger partial charge in [0.15, 0.2) is 0 Å². The first-order valence-corrected chi connectivity index (χ1v) is 8.84. The molecule has 3 atom stereocenters. The number of hydrogen-bond acceptors (Lipinski definition) is 2. The zero-order valence-electron chi connectivity index (χ0n) is 13.2. The van der Waals surface area contributed by atoms with E-state index in [2.05, 4.69) is 41.5 Å².